The zero-order valence-corrected chi connectivity index (χ0v) is 10.3. The van der Waals surface area contributed by atoms with E-state index in [-0.39, 0.29) is 12.7 Å². The highest BCUT2D eigenvalue weighted by molar-refractivity contribution is 4.95. The predicted molar refractivity (Wildman–Crippen MR) is 61.0 cm³/mol. The average molecular weight is 227 g/mol. The third kappa shape index (κ3) is 3.28. The van der Waals surface area contributed by atoms with Gasteiger partial charge in [0, 0.05) is 20.1 Å². The van der Waals surface area contributed by atoms with Crippen LogP contribution in [-0.4, -0.2) is 33.1 Å². The molecule has 0 saturated carbocycles. The van der Waals surface area contributed by atoms with Crippen LogP contribution in [0.5, 0.6) is 0 Å². The Morgan fingerprint density at radius 3 is 2.62 bits per heavy atom. The van der Waals surface area contributed by atoms with Gasteiger partial charge in [0.05, 0.1) is 6.10 Å². The molecule has 0 aliphatic carbocycles. The van der Waals surface area contributed by atoms with E-state index in [0.29, 0.717) is 5.82 Å². The fourth-order valence-corrected chi connectivity index (χ4v) is 1.61. The van der Waals surface area contributed by atoms with Crippen molar-refractivity contribution in [1.29, 1.82) is 0 Å². The summed E-state index contributed by atoms with van der Waals surface area (Å²) in [5, 5.41) is 17.2. The highest BCUT2D eigenvalue weighted by Crippen LogP contribution is 2.08. The summed E-state index contributed by atoms with van der Waals surface area (Å²) in [4.78, 5) is 0. The maximum atomic E-state index is 9.13. The van der Waals surface area contributed by atoms with Crippen LogP contribution in [-0.2, 0) is 24.3 Å². The lowest BCUT2D eigenvalue weighted by molar-refractivity contribution is 0.110. The first kappa shape index (κ1) is 13.1. The molecule has 0 fully saturated rings. The fraction of sp³-hybridized carbons (Fsp3) is 0.818. The van der Waals surface area contributed by atoms with Crippen LogP contribution < -0.4 is 0 Å². The summed E-state index contributed by atoms with van der Waals surface area (Å²) in [7, 11) is 1.71. The Balaban J connectivity index is 2.67. The molecule has 1 aromatic rings. The van der Waals surface area contributed by atoms with Crippen molar-refractivity contribution >= 4 is 0 Å². The number of rotatable bonds is 7. The summed E-state index contributed by atoms with van der Waals surface area (Å²) in [5.74, 6) is 1.59. The molecule has 0 aliphatic heterocycles. The summed E-state index contributed by atoms with van der Waals surface area (Å²) >= 11 is 0. The van der Waals surface area contributed by atoms with E-state index >= 15 is 0 Å². The SMILES string of the molecule is CCCn1c(CO)nnc1CCC(C)OC. The Kier molecular flexibility index (Phi) is 5.42. The van der Waals surface area contributed by atoms with Gasteiger partial charge in [0.15, 0.2) is 5.82 Å². The summed E-state index contributed by atoms with van der Waals surface area (Å²) in [6, 6.07) is 0. The van der Waals surface area contributed by atoms with E-state index in [2.05, 4.69) is 17.1 Å². The summed E-state index contributed by atoms with van der Waals surface area (Å²) in [6.07, 6.45) is 2.99. The predicted octanol–water partition coefficient (Wildman–Crippen LogP) is 1.15. The molecule has 5 heteroatoms. The number of aryl methyl sites for hydroxylation is 1. The molecular weight excluding hydrogens is 206 g/mol. The van der Waals surface area contributed by atoms with Gasteiger partial charge in [-0.05, 0) is 19.8 Å². The first-order chi connectivity index (χ1) is 7.72. The molecule has 0 bridgehead atoms. The van der Waals surface area contributed by atoms with Gasteiger partial charge in [-0.1, -0.05) is 6.92 Å². The van der Waals surface area contributed by atoms with Gasteiger partial charge in [0.2, 0.25) is 0 Å². The Hall–Kier alpha value is -0.940. The second-order valence-corrected chi connectivity index (χ2v) is 3.93. The maximum absolute atomic E-state index is 9.13. The molecule has 0 aliphatic rings. The number of aliphatic hydroxyl groups excluding tert-OH is 1. The fourth-order valence-electron chi connectivity index (χ4n) is 1.61. The van der Waals surface area contributed by atoms with Crippen LogP contribution in [0, 0.1) is 0 Å². The van der Waals surface area contributed by atoms with Crippen molar-refractivity contribution in [2.45, 2.75) is 52.4 Å². The lowest BCUT2D eigenvalue weighted by atomic mass is 10.2. The lowest BCUT2D eigenvalue weighted by Crippen LogP contribution is -2.11. The van der Waals surface area contributed by atoms with E-state index in [9.17, 15) is 0 Å². The third-order valence-corrected chi connectivity index (χ3v) is 2.67. The molecule has 0 amide bonds. The Labute approximate surface area is 96.5 Å². The highest BCUT2D eigenvalue weighted by Gasteiger charge is 2.11. The van der Waals surface area contributed by atoms with Crippen LogP contribution in [0.4, 0.5) is 0 Å². The standard InChI is InChI=1S/C11H21N3O2/c1-4-7-14-10(6-5-9(2)16-3)12-13-11(14)8-15/h9,15H,4-8H2,1-3H3. The van der Waals surface area contributed by atoms with Crippen molar-refractivity contribution in [3.8, 4) is 0 Å². The number of hydrogen-bond donors (Lipinski definition) is 1. The second-order valence-electron chi connectivity index (χ2n) is 3.93. The number of hydrogen-bond acceptors (Lipinski definition) is 4. The summed E-state index contributed by atoms with van der Waals surface area (Å²) < 4.78 is 7.20. The molecule has 0 saturated heterocycles. The number of aliphatic hydroxyl groups is 1. The Morgan fingerprint density at radius 2 is 2.06 bits per heavy atom. The van der Waals surface area contributed by atoms with Crippen LogP contribution >= 0.6 is 0 Å². The van der Waals surface area contributed by atoms with Gasteiger partial charge in [-0.25, -0.2) is 0 Å². The van der Waals surface area contributed by atoms with E-state index in [1.54, 1.807) is 7.11 Å². The third-order valence-electron chi connectivity index (χ3n) is 2.67. The molecule has 0 aromatic carbocycles. The van der Waals surface area contributed by atoms with Crippen molar-refractivity contribution in [2.24, 2.45) is 0 Å². The van der Waals surface area contributed by atoms with E-state index in [1.807, 2.05) is 11.5 Å². The van der Waals surface area contributed by atoms with Gasteiger partial charge in [0.25, 0.3) is 0 Å². The van der Waals surface area contributed by atoms with Gasteiger partial charge < -0.3 is 14.4 Å². The molecule has 0 spiro atoms. The largest absolute Gasteiger partial charge is 0.388 e. The van der Waals surface area contributed by atoms with E-state index in [1.165, 1.54) is 0 Å². The van der Waals surface area contributed by atoms with Crippen molar-refractivity contribution in [1.82, 2.24) is 14.8 Å². The molecule has 1 N–H and O–H groups in total. The highest BCUT2D eigenvalue weighted by atomic mass is 16.5. The number of methoxy groups -OCH3 is 1. The molecule has 5 nitrogen and oxygen atoms in total. The smallest absolute Gasteiger partial charge is 0.158 e. The maximum Gasteiger partial charge on any atom is 0.158 e. The van der Waals surface area contributed by atoms with E-state index in [0.717, 1.165) is 31.6 Å². The van der Waals surface area contributed by atoms with Crippen molar-refractivity contribution in [2.75, 3.05) is 7.11 Å². The molecule has 1 heterocycles. The van der Waals surface area contributed by atoms with Crippen LogP contribution in [0.3, 0.4) is 0 Å². The molecule has 1 atom stereocenters. The molecular formula is C11H21N3O2. The monoisotopic (exact) mass is 227 g/mol. The number of ether oxygens (including phenoxy) is 1. The molecule has 1 aromatic heterocycles. The van der Waals surface area contributed by atoms with Crippen molar-refractivity contribution in [3.05, 3.63) is 11.6 Å². The van der Waals surface area contributed by atoms with Crippen molar-refractivity contribution in [3.63, 3.8) is 0 Å². The van der Waals surface area contributed by atoms with E-state index < -0.39 is 0 Å². The van der Waals surface area contributed by atoms with Gasteiger partial charge in [-0.15, -0.1) is 10.2 Å². The lowest BCUT2D eigenvalue weighted by Gasteiger charge is -2.10. The summed E-state index contributed by atoms with van der Waals surface area (Å²) in [6.45, 7) is 4.95. The molecule has 16 heavy (non-hydrogen) atoms. The van der Waals surface area contributed by atoms with Crippen LogP contribution in [0.1, 0.15) is 38.3 Å². The van der Waals surface area contributed by atoms with Gasteiger partial charge in [-0.3, -0.25) is 0 Å². The van der Waals surface area contributed by atoms with E-state index in [4.69, 9.17) is 9.84 Å². The minimum absolute atomic E-state index is 0.0488. The minimum atomic E-state index is -0.0488. The van der Waals surface area contributed by atoms with Gasteiger partial charge in [-0.2, -0.15) is 0 Å². The quantitative estimate of drug-likeness (QED) is 0.759. The average Bonchev–Trinajstić information content (AvgIpc) is 2.69. The zero-order chi connectivity index (χ0) is 12.0. The molecule has 0 radical (unpaired) electrons. The first-order valence-electron chi connectivity index (χ1n) is 5.77. The van der Waals surface area contributed by atoms with Gasteiger partial charge >= 0.3 is 0 Å². The van der Waals surface area contributed by atoms with Crippen molar-refractivity contribution < 1.29 is 9.84 Å². The Bertz CT molecular complexity index is 312. The van der Waals surface area contributed by atoms with Crippen LogP contribution in [0.15, 0.2) is 0 Å². The normalized spacial score (nSPS) is 13.0. The minimum Gasteiger partial charge on any atom is -0.388 e. The number of aromatic nitrogens is 3. The zero-order valence-electron chi connectivity index (χ0n) is 10.3. The summed E-state index contributed by atoms with van der Waals surface area (Å²) in [5.41, 5.74) is 0. The van der Waals surface area contributed by atoms with Gasteiger partial charge in [0.1, 0.15) is 12.4 Å². The molecule has 92 valence electrons. The second kappa shape index (κ2) is 6.60. The first-order valence-corrected chi connectivity index (χ1v) is 5.77. The van der Waals surface area contributed by atoms with Crippen LogP contribution in [0.25, 0.3) is 0 Å². The molecule has 1 unspecified atom stereocenters. The Morgan fingerprint density at radius 1 is 1.38 bits per heavy atom. The topological polar surface area (TPSA) is 60.2 Å². The van der Waals surface area contributed by atoms with Crippen LogP contribution in [0.2, 0.25) is 0 Å². The molecule has 1 rings (SSSR count). The number of nitrogens with zero attached hydrogens (tertiary/aromatic N) is 3.